The maximum Gasteiger partial charge on any atom is 0.332 e. The van der Waals surface area contributed by atoms with Gasteiger partial charge in [0.2, 0.25) is 5.91 Å². The van der Waals surface area contributed by atoms with Crippen LogP contribution >= 0.6 is 12.2 Å². The number of amides is 1. The summed E-state index contributed by atoms with van der Waals surface area (Å²) in [4.78, 5) is 46.9. The van der Waals surface area contributed by atoms with Gasteiger partial charge in [-0.15, -0.1) is 0 Å². The van der Waals surface area contributed by atoms with Crippen molar-refractivity contribution in [3.8, 4) is 0 Å². The molecule has 30 heavy (non-hydrogen) atoms. The Bertz CT molecular complexity index is 1130. The number of non-ortho nitro benzene ring substituents is 1. The van der Waals surface area contributed by atoms with E-state index < -0.39 is 22.1 Å². The molecule has 10 nitrogen and oxygen atoms in total. The van der Waals surface area contributed by atoms with Crippen molar-refractivity contribution in [2.75, 3.05) is 5.73 Å². The van der Waals surface area contributed by atoms with Crippen LogP contribution in [0.25, 0.3) is 6.08 Å². The number of nitrogens with one attached hydrogen (secondary N) is 1. The number of nitro benzene ring substituents is 1. The minimum atomic E-state index is -0.699. The van der Waals surface area contributed by atoms with Crippen molar-refractivity contribution in [2.24, 2.45) is 7.05 Å². The summed E-state index contributed by atoms with van der Waals surface area (Å²) in [5.41, 5.74) is 5.13. The molecule has 0 saturated carbocycles. The second kappa shape index (κ2) is 9.74. The first kappa shape index (κ1) is 22.7. The number of hydrogen-bond acceptors (Lipinski definition) is 7. The molecule has 1 amide bonds. The lowest BCUT2D eigenvalue weighted by Gasteiger charge is -2.15. The number of unbranched alkanes of at least 4 members (excludes halogenated alkanes) is 1. The standard InChI is InChI=1S/C19H21N5O5S/c1-3-4-11-23-16(20)15(18(26)22(2)19(23)27)17(30)21-14(25)10-7-12-5-8-13(9-6-12)24(28)29/h5-10H,3-4,11,20H2,1-2H3,(H,21,25,30)/b10-7+. The number of aromatic nitrogens is 2. The molecule has 1 heterocycles. The molecule has 0 bridgehead atoms. The fourth-order valence-electron chi connectivity index (χ4n) is 2.62. The Balaban J connectivity index is 2.23. The van der Waals surface area contributed by atoms with Gasteiger partial charge in [0.1, 0.15) is 16.4 Å². The van der Waals surface area contributed by atoms with E-state index in [4.69, 9.17) is 18.0 Å². The number of hydrogen-bond donors (Lipinski definition) is 2. The average Bonchev–Trinajstić information content (AvgIpc) is 2.71. The van der Waals surface area contributed by atoms with Gasteiger partial charge in [-0.3, -0.25) is 28.8 Å². The van der Waals surface area contributed by atoms with E-state index in [0.29, 0.717) is 18.5 Å². The number of thiocarbonyl (C=S) groups is 1. The van der Waals surface area contributed by atoms with Gasteiger partial charge in [0.05, 0.1) is 4.92 Å². The Hall–Kier alpha value is -3.60. The zero-order chi connectivity index (χ0) is 22.4. The number of carbonyl (C=O) groups excluding carboxylic acids is 1. The fourth-order valence-corrected chi connectivity index (χ4v) is 2.92. The predicted molar refractivity (Wildman–Crippen MR) is 117 cm³/mol. The molecule has 1 aromatic carbocycles. The smallest absolute Gasteiger partial charge is 0.332 e. The third kappa shape index (κ3) is 5.06. The molecule has 0 spiro atoms. The first-order chi connectivity index (χ1) is 14.2. The van der Waals surface area contributed by atoms with Crippen molar-refractivity contribution in [3.05, 3.63) is 72.4 Å². The molecule has 158 valence electrons. The number of rotatable bonds is 7. The number of nitrogens with two attached hydrogens (primary N) is 1. The fraction of sp³-hybridized carbons (Fsp3) is 0.263. The van der Waals surface area contributed by atoms with E-state index in [1.807, 2.05) is 6.92 Å². The highest BCUT2D eigenvalue weighted by Gasteiger charge is 2.19. The highest BCUT2D eigenvalue weighted by atomic mass is 32.1. The monoisotopic (exact) mass is 431 g/mol. The van der Waals surface area contributed by atoms with Crippen molar-refractivity contribution < 1.29 is 9.72 Å². The molecule has 11 heteroatoms. The molecule has 0 fully saturated rings. The summed E-state index contributed by atoms with van der Waals surface area (Å²) in [7, 11) is 1.31. The van der Waals surface area contributed by atoms with Crippen molar-refractivity contribution in [2.45, 2.75) is 26.3 Å². The highest BCUT2D eigenvalue weighted by molar-refractivity contribution is 7.80. The predicted octanol–water partition coefficient (Wildman–Crippen LogP) is 1.34. The first-order valence-electron chi connectivity index (χ1n) is 9.04. The molecule has 0 aliphatic carbocycles. The topological polar surface area (TPSA) is 142 Å². The molecule has 0 radical (unpaired) electrons. The number of anilines is 1. The quantitative estimate of drug-likeness (QED) is 0.291. The molecular weight excluding hydrogens is 410 g/mol. The molecule has 2 aromatic rings. The molecule has 1 aromatic heterocycles. The minimum absolute atomic E-state index is 0.0673. The second-order valence-electron chi connectivity index (χ2n) is 6.41. The van der Waals surface area contributed by atoms with Gasteiger partial charge in [0.15, 0.2) is 0 Å². The highest BCUT2D eigenvalue weighted by Crippen LogP contribution is 2.13. The molecule has 0 saturated heterocycles. The summed E-state index contributed by atoms with van der Waals surface area (Å²) in [6.45, 7) is 2.27. The normalized spacial score (nSPS) is 10.9. The molecule has 0 aliphatic heterocycles. The van der Waals surface area contributed by atoms with Gasteiger partial charge in [-0.05, 0) is 30.2 Å². The summed E-state index contributed by atoms with van der Waals surface area (Å²) in [5, 5.41) is 13.1. The van der Waals surface area contributed by atoms with Crippen LogP contribution in [0.5, 0.6) is 0 Å². The third-order valence-corrected chi connectivity index (χ3v) is 4.62. The number of nitrogen functional groups attached to an aromatic ring is 1. The van der Waals surface area contributed by atoms with Crippen LogP contribution in [0.3, 0.4) is 0 Å². The van der Waals surface area contributed by atoms with Crippen LogP contribution in [-0.4, -0.2) is 25.0 Å². The zero-order valence-corrected chi connectivity index (χ0v) is 17.3. The maximum absolute atomic E-state index is 12.5. The summed E-state index contributed by atoms with van der Waals surface area (Å²) in [6.07, 6.45) is 4.10. The molecule has 0 unspecified atom stereocenters. The van der Waals surface area contributed by atoms with E-state index in [-0.39, 0.29) is 22.1 Å². The van der Waals surface area contributed by atoms with Gasteiger partial charge in [-0.25, -0.2) is 4.79 Å². The number of nitrogens with zero attached hydrogens (tertiary/aromatic N) is 3. The SMILES string of the molecule is CCCCn1c(N)c(C(=S)NC(=O)/C=C/c2ccc([N+](=O)[O-])cc2)c(=O)n(C)c1=O. The first-order valence-corrected chi connectivity index (χ1v) is 9.45. The van der Waals surface area contributed by atoms with Gasteiger partial charge in [-0.1, -0.05) is 25.6 Å². The molecule has 3 N–H and O–H groups in total. The van der Waals surface area contributed by atoms with E-state index in [1.165, 1.54) is 48.0 Å². The number of carbonyl (C=O) groups is 1. The Morgan fingerprint density at radius 1 is 1.30 bits per heavy atom. The molecule has 0 aliphatic rings. The van der Waals surface area contributed by atoms with E-state index in [2.05, 4.69) is 5.32 Å². The van der Waals surface area contributed by atoms with Crippen molar-refractivity contribution in [1.82, 2.24) is 14.5 Å². The van der Waals surface area contributed by atoms with Crippen LogP contribution < -0.4 is 22.3 Å². The van der Waals surface area contributed by atoms with E-state index in [0.717, 1.165) is 11.0 Å². The molecular formula is C19H21N5O5S. The lowest BCUT2D eigenvalue weighted by atomic mass is 10.2. The second-order valence-corrected chi connectivity index (χ2v) is 6.82. The Labute approximate surface area is 176 Å². The van der Waals surface area contributed by atoms with Crippen LogP contribution in [0, 0.1) is 10.1 Å². The largest absolute Gasteiger partial charge is 0.384 e. The summed E-state index contributed by atoms with van der Waals surface area (Å²) in [6, 6.07) is 5.59. The zero-order valence-electron chi connectivity index (χ0n) is 16.5. The average molecular weight is 431 g/mol. The number of nitro groups is 1. The molecule has 2 rings (SSSR count). The van der Waals surface area contributed by atoms with Crippen LogP contribution in [0.2, 0.25) is 0 Å². The Kier molecular flexibility index (Phi) is 7.37. The van der Waals surface area contributed by atoms with Gasteiger partial charge in [-0.2, -0.15) is 0 Å². The summed E-state index contributed by atoms with van der Waals surface area (Å²) in [5.74, 6) is -0.715. The van der Waals surface area contributed by atoms with Crippen molar-refractivity contribution in [1.29, 1.82) is 0 Å². The number of benzene rings is 1. The van der Waals surface area contributed by atoms with Gasteiger partial charge in [0.25, 0.3) is 11.2 Å². The Morgan fingerprint density at radius 2 is 1.93 bits per heavy atom. The van der Waals surface area contributed by atoms with Gasteiger partial charge >= 0.3 is 5.69 Å². The lowest BCUT2D eigenvalue weighted by molar-refractivity contribution is -0.384. The van der Waals surface area contributed by atoms with E-state index >= 15 is 0 Å². The van der Waals surface area contributed by atoms with Crippen molar-refractivity contribution in [3.63, 3.8) is 0 Å². The summed E-state index contributed by atoms with van der Waals surface area (Å²) >= 11 is 5.17. The van der Waals surface area contributed by atoms with E-state index in [9.17, 15) is 24.5 Å². The maximum atomic E-state index is 12.5. The lowest BCUT2D eigenvalue weighted by Crippen LogP contribution is -2.45. The summed E-state index contributed by atoms with van der Waals surface area (Å²) < 4.78 is 2.15. The van der Waals surface area contributed by atoms with Crippen LogP contribution in [0.4, 0.5) is 11.5 Å². The van der Waals surface area contributed by atoms with Crippen LogP contribution in [0.1, 0.15) is 30.9 Å². The van der Waals surface area contributed by atoms with Gasteiger partial charge < -0.3 is 11.1 Å². The van der Waals surface area contributed by atoms with Gasteiger partial charge in [0, 0.05) is 31.8 Å². The minimum Gasteiger partial charge on any atom is -0.384 e. The van der Waals surface area contributed by atoms with Crippen molar-refractivity contribution >= 4 is 40.7 Å². The molecule has 0 atom stereocenters. The van der Waals surface area contributed by atoms with Crippen LogP contribution in [0.15, 0.2) is 39.9 Å². The third-order valence-electron chi connectivity index (χ3n) is 4.31. The van der Waals surface area contributed by atoms with E-state index in [1.54, 1.807) is 0 Å². The Morgan fingerprint density at radius 3 is 2.50 bits per heavy atom. The van der Waals surface area contributed by atoms with Crippen LogP contribution in [-0.2, 0) is 18.4 Å².